The first-order chi connectivity index (χ1) is 36.0. The Kier molecular flexibility index (Phi) is 61.9. The molecule has 73 heavy (non-hydrogen) atoms. The summed E-state index contributed by atoms with van der Waals surface area (Å²) in [5.74, 6) is -0.0671. The summed E-state index contributed by atoms with van der Waals surface area (Å²) in [6.07, 6.45) is 76.9. The van der Waals surface area contributed by atoms with Crippen LogP contribution in [-0.4, -0.2) is 47.4 Å². The molecular weight excluding hydrogens is 899 g/mol. The van der Waals surface area contributed by atoms with Crippen molar-refractivity contribution in [2.75, 3.05) is 13.2 Å². The summed E-state index contributed by atoms with van der Waals surface area (Å²) in [5.41, 5.74) is 0. The van der Waals surface area contributed by atoms with E-state index in [1.807, 2.05) is 6.08 Å². The first-order valence-corrected chi connectivity index (χ1v) is 33.5. The smallest absolute Gasteiger partial charge is 0.305 e. The highest BCUT2D eigenvalue weighted by Gasteiger charge is 2.18. The van der Waals surface area contributed by atoms with E-state index in [0.29, 0.717) is 19.4 Å². The van der Waals surface area contributed by atoms with Gasteiger partial charge in [0, 0.05) is 12.8 Å². The lowest BCUT2D eigenvalue weighted by atomic mass is 10.0. The van der Waals surface area contributed by atoms with Crippen molar-refractivity contribution < 1.29 is 24.5 Å². The molecule has 1 amide bonds. The highest BCUT2D eigenvalue weighted by Crippen LogP contribution is 2.19. The summed E-state index contributed by atoms with van der Waals surface area (Å²) in [6.45, 7) is 4.93. The van der Waals surface area contributed by atoms with E-state index < -0.39 is 12.1 Å². The molecule has 0 fully saturated rings. The summed E-state index contributed by atoms with van der Waals surface area (Å²) in [4.78, 5) is 24.6. The third kappa shape index (κ3) is 59.7. The minimum absolute atomic E-state index is 0.00436. The van der Waals surface area contributed by atoms with Gasteiger partial charge in [-0.3, -0.25) is 9.59 Å². The van der Waals surface area contributed by atoms with Crippen molar-refractivity contribution in [3.8, 4) is 0 Å². The topological polar surface area (TPSA) is 95.9 Å². The van der Waals surface area contributed by atoms with Crippen LogP contribution in [0.2, 0.25) is 0 Å². The van der Waals surface area contributed by atoms with E-state index in [-0.39, 0.29) is 18.5 Å². The van der Waals surface area contributed by atoms with Gasteiger partial charge in [-0.25, -0.2) is 0 Å². The average Bonchev–Trinajstić information content (AvgIpc) is 3.39. The third-order valence-electron chi connectivity index (χ3n) is 15.8. The van der Waals surface area contributed by atoms with Crippen molar-refractivity contribution in [2.24, 2.45) is 0 Å². The van der Waals surface area contributed by atoms with E-state index in [1.54, 1.807) is 6.08 Å². The largest absolute Gasteiger partial charge is 0.466 e. The maximum atomic E-state index is 12.5. The Labute approximate surface area is 457 Å². The van der Waals surface area contributed by atoms with Crippen LogP contribution in [0.4, 0.5) is 0 Å². The molecule has 0 aromatic carbocycles. The second-order valence-electron chi connectivity index (χ2n) is 23.2. The Morgan fingerprint density at radius 2 is 0.630 bits per heavy atom. The molecule has 0 saturated carbocycles. The van der Waals surface area contributed by atoms with Gasteiger partial charge in [0.2, 0.25) is 5.91 Å². The molecule has 2 atom stereocenters. The van der Waals surface area contributed by atoms with Crippen LogP contribution in [0.25, 0.3) is 0 Å². The van der Waals surface area contributed by atoms with E-state index >= 15 is 0 Å². The van der Waals surface area contributed by atoms with Crippen molar-refractivity contribution in [1.29, 1.82) is 0 Å². The molecule has 0 aliphatic heterocycles. The quantitative estimate of drug-likeness (QED) is 0.0320. The zero-order valence-electron chi connectivity index (χ0n) is 49.6. The first-order valence-electron chi connectivity index (χ1n) is 33.5. The van der Waals surface area contributed by atoms with E-state index in [0.717, 1.165) is 44.9 Å². The predicted octanol–water partition coefficient (Wildman–Crippen LogP) is 21.2. The Hall–Kier alpha value is -1.40. The van der Waals surface area contributed by atoms with Crippen molar-refractivity contribution in [3.63, 3.8) is 0 Å². The van der Waals surface area contributed by atoms with Crippen LogP contribution in [0.5, 0.6) is 0 Å². The molecule has 0 saturated heterocycles. The van der Waals surface area contributed by atoms with Crippen LogP contribution in [0, 0.1) is 0 Å². The minimum atomic E-state index is -0.851. The number of hydrogen-bond acceptors (Lipinski definition) is 5. The molecule has 0 aromatic rings. The number of allylic oxidation sites excluding steroid dienone is 1. The molecular formula is C67H131NO5. The number of carbonyl (C=O) groups is 2. The predicted molar refractivity (Wildman–Crippen MR) is 320 cm³/mol. The van der Waals surface area contributed by atoms with Gasteiger partial charge in [0.1, 0.15) is 0 Å². The summed E-state index contributed by atoms with van der Waals surface area (Å²) >= 11 is 0. The maximum Gasteiger partial charge on any atom is 0.305 e. The van der Waals surface area contributed by atoms with Gasteiger partial charge in [-0.15, -0.1) is 0 Å². The Morgan fingerprint density at radius 1 is 0.370 bits per heavy atom. The zero-order chi connectivity index (χ0) is 52.9. The van der Waals surface area contributed by atoms with E-state index in [4.69, 9.17) is 4.74 Å². The monoisotopic (exact) mass is 1030 g/mol. The molecule has 6 heteroatoms. The molecule has 0 spiro atoms. The number of nitrogens with one attached hydrogen (secondary N) is 1. The summed E-state index contributed by atoms with van der Waals surface area (Å²) in [5, 5.41) is 23.3. The minimum Gasteiger partial charge on any atom is -0.466 e. The Bertz CT molecular complexity index is 1100. The molecule has 0 bridgehead atoms. The zero-order valence-corrected chi connectivity index (χ0v) is 49.6. The lowest BCUT2D eigenvalue weighted by Crippen LogP contribution is -2.45. The maximum absolute atomic E-state index is 12.5. The van der Waals surface area contributed by atoms with Crippen molar-refractivity contribution in [2.45, 2.75) is 392 Å². The van der Waals surface area contributed by atoms with Crippen molar-refractivity contribution in [3.05, 3.63) is 12.2 Å². The summed E-state index contributed by atoms with van der Waals surface area (Å²) in [6, 6.07) is -0.635. The molecule has 6 nitrogen and oxygen atoms in total. The van der Waals surface area contributed by atoms with Crippen LogP contribution in [0.1, 0.15) is 380 Å². The fourth-order valence-corrected chi connectivity index (χ4v) is 10.7. The normalized spacial score (nSPS) is 12.5. The second-order valence-corrected chi connectivity index (χ2v) is 23.2. The van der Waals surface area contributed by atoms with Crippen molar-refractivity contribution in [1.82, 2.24) is 5.32 Å². The number of unbranched alkanes of at least 4 members (excludes halogenated alkanes) is 52. The molecule has 3 N–H and O–H groups in total. The molecule has 2 unspecified atom stereocenters. The number of amides is 1. The fourth-order valence-electron chi connectivity index (χ4n) is 10.7. The molecule has 0 aliphatic carbocycles. The van der Waals surface area contributed by atoms with Gasteiger partial charge < -0.3 is 20.3 Å². The number of aliphatic hydroxyl groups is 2. The van der Waals surface area contributed by atoms with E-state index in [9.17, 15) is 19.8 Å². The molecule has 0 radical (unpaired) electrons. The molecule has 434 valence electrons. The molecule has 0 aliphatic rings. The van der Waals surface area contributed by atoms with Gasteiger partial charge in [0.25, 0.3) is 0 Å². The average molecular weight is 1030 g/mol. The van der Waals surface area contributed by atoms with Crippen LogP contribution < -0.4 is 5.32 Å². The highest BCUT2D eigenvalue weighted by molar-refractivity contribution is 5.76. The Balaban J connectivity index is 3.44. The van der Waals surface area contributed by atoms with Crippen LogP contribution in [-0.2, 0) is 14.3 Å². The summed E-state index contributed by atoms with van der Waals surface area (Å²) in [7, 11) is 0. The number of esters is 1. The third-order valence-corrected chi connectivity index (χ3v) is 15.8. The highest BCUT2D eigenvalue weighted by atomic mass is 16.5. The van der Waals surface area contributed by atoms with Gasteiger partial charge >= 0.3 is 5.97 Å². The molecule has 0 heterocycles. The lowest BCUT2D eigenvalue weighted by Gasteiger charge is -2.20. The summed E-state index contributed by atoms with van der Waals surface area (Å²) < 4.78 is 5.49. The van der Waals surface area contributed by atoms with Crippen molar-refractivity contribution >= 4 is 11.9 Å². The van der Waals surface area contributed by atoms with Gasteiger partial charge in [-0.05, 0) is 32.1 Å². The Morgan fingerprint density at radius 3 is 0.932 bits per heavy atom. The number of hydrogen-bond donors (Lipinski definition) is 3. The SMILES string of the molecule is CCCCCCCCCCCCCCCCCCCCCCCCC/C=C/C(O)C(CO)NC(=O)CCCCCCCCCCCCCCCCCOC(=O)CCCCCCCCCCCCCCCCCC. The van der Waals surface area contributed by atoms with Crippen LogP contribution in [0.3, 0.4) is 0 Å². The molecule has 0 rings (SSSR count). The number of carbonyl (C=O) groups excluding carboxylic acids is 2. The first kappa shape index (κ1) is 71.6. The van der Waals surface area contributed by atoms with E-state index in [1.165, 1.54) is 308 Å². The lowest BCUT2D eigenvalue weighted by molar-refractivity contribution is -0.143. The fraction of sp³-hybridized carbons (Fsp3) is 0.940. The van der Waals surface area contributed by atoms with Crippen LogP contribution >= 0.6 is 0 Å². The standard InChI is InChI=1S/C67H131NO5/c1-3-5-7-9-11-13-15-17-19-21-22-23-24-25-26-27-28-29-31-35-39-43-47-51-55-59-65(70)64(63-69)68-66(71)60-56-52-48-44-40-36-32-30-34-38-42-46-50-54-58-62-73-67(72)61-57-53-49-45-41-37-33-20-18-16-14-12-10-8-6-4-2/h55,59,64-65,69-70H,3-54,56-58,60-63H2,1-2H3,(H,68,71)/b59-55+. The van der Waals surface area contributed by atoms with Gasteiger partial charge in [-0.1, -0.05) is 347 Å². The number of aliphatic hydroxyl groups excluding tert-OH is 2. The van der Waals surface area contributed by atoms with Gasteiger partial charge in [0.15, 0.2) is 0 Å². The number of ether oxygens (including phenoxy) is 1. The second kappa shape index (κ2) is 63.1. The number of rotatable bonds is 63. The molecule has 0 aromatic heterocycles. The van der Waals surface area contributed by atoms with E-state index in [2.05, 4.69) is 19.2 Å². The van der Waals surface area contributed by atoms with Crippen LogP contribution in [0.15, 0.2) is 12.2 Å². The van der Waals surface area contributed by atoms with Gasteiger partial charge in [0.05, 0.1) is 25.4 Å². The van der Waals surface area contributed by atoms with Gasteiger partial charge in [-0.2, -0.15) is 0 Å².